The summed E-state index contributed by atoms with van der Waals surface area (Å²) in [5, 5.41) is 1.32. The van der Waals surface area contributed by atoms with Crippen LogP contribution in [-0.4, -0.2) is 12.8 Å². The first-order valence-electron chi connectivity index (χ1n) is 6.43. The van der Waals surface area contributed by atoms with Crippen molar-refractivity contribution in [2.24, 2.45) is 0 Å². The largest absolute Gasteiger partial charge is 0.332 e. The van der Waals surface area contributed by atoms with Gasteiger partial charge in [0.05, 0.1) is 5.03 Å². The lowest BCUT2D eigenvalue weighted by atomic mass is 10.2. The number of aryl methyl sites for hydroxylation is 1. The number of rotatable bonds is 6. The van der Waals surface area contributed by atoms with Crippen molar-refractivity contribution in [3.63, 3.8) is 0 Å². The van der Waals surface area contributed by atoms with Crippen LogP contribution in [0.1, 0.15) is 25.8 Å². The van der Waals surface area contributed by atoms with Gasteiger partial charge in [0.15, 0.2) is 0 Å². The second kappa shape index (κ2) is 8.04. The van der Waals surface area contributed by atoms with Crippen LogP contribution in [0.5, 0.6) is 0 Å². The molecular formula is C16H23NS. The molecule has 0 aromatic heterocycles. The molecule has 0 heterocycles. The van der Waals surface area contributed by atoms with Crippen molar-refractivity contribution in [3.8, 4) is 0 Å². The van der Waals surface area contributed by atoms with E-state index in [1.165, 1.54) is 16.3 Å². The van der Waals surface area contributed by atoms with Gasteiger partial charge in [0.25, 0.3) is 0 Å². The molecule has 0 atom stereocenters. The lowest BCUT2D eigenvalue weighted by Gasteiger charge is -2.27. The summed E-state index contributed by atoms with van der Waals surface area (Å²) >= 11 is 1.81. The van der Waals surface area contributed by atoms with Gasteiger partial charge in [0, 0.05) is 12.2 Å². The Morgan fingerprint density at radius 3 is 2.61 bits per heavy atom. The molecule has 0 unspecified atom stereocenters. The lowest BCUT2D eigenvalue weighted by molar-refractivity contribution is 1.04. The molecule has 1 nitrogen and oxygen atoms in total. The molecule has 1 aromatic carbocycles. The first-order valence-corrected chi connectivity index (χ1v) is 7.65. The van der Waals surface area contributed by atoms with Crippen LogP contribution in [0.3, 0.4) is 0 Å². The monoisotopic (exact) mass is 261 g/mol. The van der Waals surface area contributed by atoms with Crippen LogP contribution in [0.25, 0.3) is 0 Å². The van der Waals surface area contributed by atoms with Crippen LogP contribution >= 0.6 is 11.8 Å². The standard InChI is InChI=1S/C16H23NS/c1-5-7-13-17(16(18-4)10-6-2)15-12-9-8-11-14(15)3/h5,7-12H,6,13H2,1-4H3/b7-5-,16-10+. The van der Waals surface area contributed by atoms with Crippen molar-refractivity contribution < 1.29 is 0 Å². The third-order valence-corrected chi connectivity index (χ3v) is 3.59. The van der Waals surface area contributed by atoms with Gasteiger partial charge < -0.3 is 4.90 Å². The summed E-state index contributed by atoms with van der Waals surface area (Å²) in [7, 11) is 0. The molecule has 0 saturated heterocycles. The molecule has 0 radical (unpaired) electrons. The van der Waals surface area contributed by atoms with Crippen LogP contribution in [0.15, 0.2) is 47.5 Å². The fraction of sp³-hybridized carbons (Fsp3) is 0.375. The average Bonchev–Trinajstić information content (AvgIpc) is 2.39. The third kappa shape index (κ3) is 3.95. The van der Waals surface area contributed by atoms with E-state index in [-0.39, 0.29) is 0 Å². The van der Waals surface area contributed by atoms with E-state index in [1.54, 1.807) is 0 Å². The van der Waals surface area contributed by atoms with E-state index in [9.17, 15) is 0 Å². The zero-order valence-electron chi connectivity index (χ0n) is 11.8. The Morgan fingerprint density at radius 1 is 1.33 bits per heavy atom. The fourth-order valence-electron chi connectivity index (χ4n) is 1.86. The summed E-state index contributed by atoms with van der Waals surface area (Å²) in [6.45, 7) is 7.34. The second-order valence-electron chi connectivity index (χ2n) is 4.12. The minimum atomic E-state index is 0.925. The van der Waals surface area contributed by atoms with Gasteiger partial charge in [-0.3, -0.25) is 0 Å². The van der Waals surface area contributed by atoms with Crippen molar-refractivity contribution in [3.05, 3.63) is 53.1 Å². The van der Waals surface area contributed by atoms with Crippen molar-refractivity contribution in [2.75, 3.05) is 17.7 Å². The topological polar surface area (TPSA) is 3.24 Å². The maximum atomic E-state index is 2.38. The number of hydrogen-bond donors (Lipinski definition) is 0. The fourth-order valence-corrected chi connectivity index (χ4v) is 2.59. The molecule has 0 bridgehead atoms. The highest BCUT2D eigenvalue weighted by Crippen LogP contribution is 2.28. The SMILES string of the molecule is C/C=C\CN(/C(=C\CC)SC)c1ccccc1C. The Kier molecular flexibility index (Phi) is 6.66. The predicted octanol–water partition coefficient (Wildman–Crippen LogP) is 4.99. The minimum Gasteiger partial charge on any atom is -0.332 e. The zero-order chi connectivity index (χ0) is 13.4. The van der Waals surface area contributed by atoms with Gasteiger partial charge in [-0.05, 0) is 38.2 Å². The van der Waals surface area contributed by atoms with Crippen LogP contribution in [0.4, 0.5) is 5.69 Å². The molecule has 0 aliphatic carbocycles. The molecule has 0 N–H and O–H groups in total. The van der Waals surface area contributed by atoms with Crippen LogP contribution < -0.4 is 4.90 Å². The Morgan fingerprint density at radius 2 is 2.06 bits per heavy atom. The Bertz CT molecular complexity index is 421. The molecule has 18 heavy (non-hydrogen) atoms. The summed E-state index contributed by atoms with van der Waals surface area (Å²) < 4.78 is 0. The normalized spacial score (nSPS) is 12.1. The second-order valence-corrected chi connectivity index (χ2v) is 4.95. The first kappa shape index (κ1) is 14.9. The van der Waals surface area contributed by atoms with E-state index in [2.05, 4.69) is 74.4 Å². The molecule has 0 saturated carbocycles. The van der Waals surface area contributed by atoms with E-state index in [0.717, 1.165) is 13.0 Å². The van der Waals surface area contributed by atoms with Gasteiger partial charge in [0.1, 0.15) is 0 Å². The highest BCUT2D eigenvalue weighted by atomic mass is 32.2. The van der Waals surface area contributed by atoms with Crippen molar-refractivity contribution in [1.29, 1.82) is 0 Å². The van der Waals surface area contributed by atoms with E-state index in [0.29, 0.717) is 0 Å². The summed E-state index contributed by atoms with van der Waals surface area (Å²) in [5.74, 6) is 0. The van der Waals surface area contributed by atoms with Gasteiger partial charge in [-0.1, -0.05) is 43.4 Å². The molecule has 0 amide bonds. The van der Waals surface area contributed by atoms with E-state index >= 15 is 0 Å². The highest BCUT2D eigenvalue weighted by Gasteiger charge is 2.11. The maximum absolute atomic E-state index is 2.38. The van der Waals surface area contributed by atoms with Crippen LogP contribution in [-0.2, 0) is 0 Å². The van der Waals surface area contributed by atoms with Crippen molar-refractivity contribution in [2.45, 2.75) is 27.2 Å². The zero-order valence-corrected chi connectivity index (χ0v) is 12.6. The van der Waals surface area contributed by atoms with Crippen molar-refractivity contribution in [1.82, 2.24) is 0 Å². The molecule has 0 aliphatic rings. The Hall–Kier alpha value is -1.15. The van der Waals surface area contributed by atoms with E-state index in [1.807, 2.05) is 11.8 Å². The quantitative estimate of drug-likeness (QED) is 0.663. The van der Waals surface area contributed by atoms with Crippen LogP contribution in [0, 0.1) is 6.92 Å². The number of benzene rings is 1. The smallest absolute Gasteiger partial charge is 0.0711 e. The van der Waals surface area contributed by atoms with Gasteiger partial charge >= 0.3 is 0 Å². The van der Waals surface area contributed by atoms with E-state index in [4.69, 9.17) is 0 Å². The molecule has 1 rings (SSSR count). The highest BCUT2D eigenvalue weighted by molar-refractivity contribution is 8.02. The van der Waals surface area contributed by atoms with Gasteiger partial charge in [-0.2, -0.15) is 0 Å². The number of allylic oxidation sites excluding steroid dienone is 2. The number of thioether (sulfide) groups is 1. The summed E-state index contributed by atoms with van der Waals surface area (Å²) in [4.78, 5) is 2.38. The Balaban J connectivity index is 3.12. The summed E-state index contributed by atoms with van der Waals surface area (Å²) in [6.07, 6.45) is 9.80. The number of nitrogens with zero attached hydrogens (tertiary/aromatic N) is 1. The predicted molar refractivity (Wildman–Crippen MR) is 85.2 cm³/mol. The van der Waals surface area contributed by atoms with Crippen LogP contribution in [0.2, 0.25) is 0 Å². The molecule has 98 valence electrons. The maximum Gasteiger partial charge on any atom is 0.0711 e. The number of anilines is 1. The number of hydrogen-bond acceptors (Lipinski definition) is 2. The number of para-hydroxylation sites is 1. The summed E-state index contributed by atoms with van der Waals surface area (Å²) in [5.41, 5.74) is 2.61. The first-order chi connectivity index (χ1) is 8.74. The van der Waals surface area contributed by atoms with Gasteiger partial charge in [-0.25, -0.2) is 0 Å². The molecule has 2 heteroatoms. The molecular weight excluding hydrogens is 238 g/mol. The molecule has 1 aromatic rings. The van der Waals surface area contributed by atoms with E-state index < -0.39 is 0 Å². The Labute approximate surface area is 116 Å². The van der Waals surface area contributed by atoms with Crippen molar-refractivity contribution >= 4 is 17.4 Å². The summed E-state index contributed by atoms with van der Waals surface area (Å²) in [6, 6.07) is 8.56. The third-order valence-electron chi connectivity index (χ3n) is 2.78. The lowest BCUT2D eigenvalue weighted by Crippen LogP contribution is -2.21. The van der Waals surface area contributed by atoms with Gasteiger partial charge in [-0.15, -0.1) is 11.8 Å². The van der Waals surface area contributed by atoms with Gasteiger partial charge in [0.2, 0.25) is 0 Å². The molecule has 0 spiro atoms. The molecule has 0 fully saturated rings. The average molecular weight is 261 g/mol. The minimum absolute atomic E-state index is 0.925. The molecule has 0 aliphatic heterocycles.